The largest absolute Gasteiger partial charge is 0.474 e. The molecular formula is C20H20Cl2N2O2. The molecule has 1 saturated carbocycles. The molecule has 0 saturated heterocycles. The number of benzene rings is 1. The fourth-order valence-electron chi connectivity index (χ4n) is 2.92. The van der Waals surface area contributed by atoms with Gasteiger partial charge in [-0.2, -0.15) is 0 Å². The summed E-state index contributed by atoms with van der Waals surface area (Å²) in [4.78, 5) is 16.2. The van der Waals surface area contributed by atoms with Crippen molar-refractivity contribution in [3.8, 4) is 5.88 Å². The molecule has 6 heteroatoms. The zero-order chi connectivity index (χ0) is 18.4. The van der Waals surface area contributed by atoms with E-state index in [1.807, 2.05) is 12.1 Å². The first-order chi connectivity index (χ1) is 12.6. The van der Waals surface area contributed by atoms with Crippen LogP contribution >= 0.6 is 23.2 Å². The average molecular weight is 391 g/mol. The summed E-state index contributed by atoms with van der Waals surface area (Å²) in [5, 5.41) is 4.32. The van der Waals surface area contributed by atoms with Crippen LogP contribution in [-0.2, 0) is 4.79 Å². The molecule has 26 heavy (non-hydrogen) atoms. The van der Waals surface area contributed by atoms with E-state index in [9.17, 15) is 4.79 Å². The molecule has 1 fully saturated rings. The molecule has 1 aromatic heterocycles. The Balaban J connectivity index is 1.42. The van der Waals surface area contributed by atoms with Crippen molar-refractivity contribution in [3.05, 3.63) is 64.3 Å². The Labute approximate surface area is 163 Å². The van der Waals surface area contributed by atoms with Crippen LogP contribution in [0.4, 0.5) is 0 Å². The molecule has 1 aliphatic carbocycles. The Hall–Kier alpha value is -2.04. The van der Waals surface area contributed by atoms with E-state index < -0.39 is 0 Å². The second-order valence-electron chi connectivity index (χ2n) is 6.30. The molecule has 0 radical (unpaired) electrons. The van der Waals surface area contributed by atoms with E-state index in [-0.39, 0.29) is 18.1 Å². The molecule has 1 heterocycles. The van der Waals surface area contributed by atoms with E-state index in [1.54, 1.807) is 42.6 Å². The Morgan fingerprint density at radius 2 is 1.73 bits per heavy atom. The highest BCUT2D eigenvalue weighted by molar-refractivity contribution is 6.30. The van der Waals surface area contributed by atoms with Crippen molar-refractivity contribution in [1.29, 1.82) is 0 Å². The first-order valence-corrected chi connectivity index (χ1v) is 9.36. The molecule has 136 valence electrons. The van der Waals surface area contributed by atoms with E-state index in [0.29, 0.717) is 15.9 Å². The number of ether oxygens (including phenoxy) is 1. The lowest BCUT2D eigenvalue weighted by Crippen LogP contribution is -2.39. The standard InChI is InChI=1S/C20H20Cl2N2O2/c21-15-4-1-14(2-5-15)3-11-19(25)24-17-7-9-18(10-8-17)26-20-12-6-16(22)13-23-20/h1-6,11-13,17-18H,7-10H2,(H,24,25)/b11-3+. The van der Waals surface area contributed by atoms with E-state index in [4.69, 9.17) is 27.9 Å². The normalized spacial score (nSPS) is 20.1. The van der Waals surface area contributed by atoms with E-state index in [2.05, 4.69) is 10.3 Å². The van der Waals surface area contributed by atoms with Gasteiger partial charge in [0.2, 0.25) is 11.8 Å². The highest BCUT2D eigenvalue weighted by atomic mass is 35.5. The van der Waals surface area contributed by atoms with Gasteiger partial charge in [-0.25, -0.2) is 4.98 Å². The number of hydrogen-bond acceptors (Lipinski definition) is 3. The van der Waals surface area contributed by atoms with Crippen molar-refractivity contribution in [1.82, 2.24) is 10.3 Å². The summed E-state index contributed by atoms with van der Waals surface area (Å²) in [7, 11) is 0. The van der Waals surface area contributed by atoms with Gasteiger partial charge in [0.15, 0.2) is 0 Å². The predicted molar refractivity (Wildman–Crippen MR) is 105 cm³/mol. The number of amides is 1. The number of rotatable bonds is 5. The molecule has 2 aromatic rings. The molecule has 0 atom stereocenters. The van der Waals surface area contributed by atoms with Gasteiger partial charge in [-0.3, -0.25) is 4.79 Å². The van der Waals surface area contributed by atoms with Crippen molar-refractivity contribution >= 4 is 35.2 Å². The fourth-order valence-corrected chi connectivity index (χ4v) is 3.16. The maximum absolute atomic E-state index is 12.1. The van der Waals surface area contributed by atoms with Gasteiger partial charge in [0.1, 0.15) is 6.10 Å². The van der Waals surface area contributed by atoms with Gasteiger partial charge in [-0.15, -0.1) is 0 Å². The maximum atomic E-state index is 12.1. The smallest absolute Gasteiger partial charge is 0.244 e. The van der Waals surface area contributed by atoms with Crippen LogP contribution in [-0.4, -0.2) is 23.0 Å². The highest BCUT2D eigenvalue weighted by Crippen LogP contribution is 2.23. The molecule has 0 unspecified atom stereocenters. The Morgan fingerprint density at radius 3 is 2.38 bits per heavy atom. The SMILES string of the molecule is O=C(/C=C/c1ccc(Cl)cc1)NC1CCC(Oc2ccc(Cl)cn2)CC1. The van der Waals surface area contributed by atoms with E-state index in [1.165, 1.54) is 0 Å². The van der Waals surface area contributed by atoms with Crippen molar-refractivity contribution in [2.45, 2.75) is 37.8 Å². The number of carbonyl (C=O) groups excluding carboxylic acids is 1. The zero-order valence-corrected chi connectivity index (χ0v) is 15.7. The van der Waals surface area contributed by atoms with Crippen molar-refractivity contribution < 1.29 is 9.53 Å². The molecule has 1 aromatic carbocycles. The third kappa shape index (κ3) is 5.75. The van der Waals surface area contributed by atoms with Crippen molar-refractivity contribution in [2.75, 3.05) is 0 Å². The third-order valence-corrected chi connectivity index (χ3v) is 4.78. The Bertz CT molecular complexity index is 752. The quantitative estimate of drug-likeness (QED) is 0.737. The van der Waals surface area contributed by atoms with Gasteiger partial charge >= 0.3 is 0 Å². The van der Waals surface area contributed by atoms with Gasteiger partial charge in [-0.1, -0.05) is 35.3 Å². The summed E-state index contributed by atoms with van der Waals surface area (Å²) in [6.45, 7) is 0. The molecule has 0 bridgehead atoms. The Kier molecular flexibility index (Phi) is 6.53. The van der Waals surface area contributed by atoms with Gasteiger partial charge < -0.3 is 10.1 Å². The molecule has 1 aliphatic rings. The van der Waals surface area contributed by atoms with Crippen LogP contribution in [0.25, 0.3) is 6.08 Å². The average Bonchev–Trinajstić information content (AvgIpc) is 2.65. The molecule has 3 rings (SSSR count). The Morgan fingerprint density at radius 1 is 1.04 bits per heavy atom. The number of halogens is 2. The second-order valence-corrected chi connectivity index (χ2v) is 7.17. The third-order valence-electron chi connectivity index (χ3n) is 4.31. The molecule has 0 spiro atoms. The van der Waals surface area contributed by atoms with Crippen molar-refractivity contribution in [2.24, 2.45) is 0 Å². The molecule has 4 nitrogen and oxygen atoms in total. The summed E-state index contributed by atoms with van der Waals surface area (Å²) in [5.74, 6) is 0.511. The van der Waals surface area contributed by atoms with E-state index >= 15 is 0 Å². The lowest BCUT2D eigenvalue weighted by Gasteiger charge is -2.28. The van der Waals surface area contributed by atoms with Gasteiger partial charge in [0.05, 0.1) is 5.02 Å². The van der Waals surface area contributed by atoms with Crippen LogP contribution in [0.3, 0.4) is 0 Å². The number of nitrogens with one attached hydrogen (secondary N) is 1. The monoisotopic (exact) mass is 390 g/mol. The minimum atomic E-state index is -0.0799. The van der Waals surface area contributed by atoms with Crippen molar-refractivity contribution in [3.63, 3.8) is 0 Å². The van der Waals surface area contributed by atoms with Crippen LogP contribution in [0, 0.1) is 0 Å². The van der Waals surface area contributed by atoms with Gasteiger partial charge in [0.25, 0.3) is 0 Å². The number of hydrogen-bond donors (Lipinski definition) is 1. The minimum Gasteiger partial charge on any atom is -0.474 e. The number of aromatic nitrogens is 1. The number of nitrogens with zero attached hydrogens (tertiary/aromatic N) is 1. The van der Waals surface area contributed by atoms with Crippen LogP contribution in [0.15, 0.2) is 48.7 Å². The van der Waals surface area contributed by atoms with Crippen LogP contribution in [0.2, 0.25) is 10.0 Å². The van der Waals surface area contributed by atoms with Gasteiger partial charge in [-0.05, 0) is 55.5 Å². The summed E-state index contributed by atoms with van der Waals surface area (Å²) in [6, 6.07) is 11.1. The second kappa shape index (κ2) is 9.06. The van der Waals surface area contributed by atoms with Crippen LogP contribution < -0.4 is 10.1 Å². The zero-order valence-electron chi connectivity index (χ0n) is 14.2. The van der Waals surface area contributed by atoms with E-state index in [0.717, 1.165) is 31.2 Å². The number of carbonyl (C=O) groups is 1. The molecule has 1 N–H and O–H groups in total. The number of pyridine rings is 1. The lowest BCUT2D eigenvalue weighted by molar-refractivity contribution is -0.117. The fraction of sp³-hybridized carbons (Fsp3) is 0.300. The molecule has 1 amide bonds. The predicted octanol–water partition coefficient (Wildman–Crippen LogP) is 4.91. The topological polar surface area (TPSA) is 51.2 Å². The summed E-state index contributed by atoms with van der Waals surface area (Å²) in [5.41, 5.74) is 0.942. The lowest BCUT2D eigenvalue weighted by atomic mass is 9.93. The summed E-state index contributed by atoms with van der Waals surface area (Å²) < 4.78 is 5.87. The minimum absolute atomic E-state index is 0.0799. The highest BCUT2D eigenvalue weighted by Gasteiger charge is 2.23. The first-order valence-electron chi connectivity index (χ1n) is 8.61. The summed E-state index contributed by atoms with van der Waals surface area (Å²) in [6.07, 6.45) is 8.59. The first kappa shape index (κ1) is 18.7. The van der Waals surface area contributed by atoms with Crippen LogP contribution in [0.1, 0.15) is 31.2 Å². The summed E-state index contributed by atoms with van der Waals surface area (Å²) >= 11 is 11.7. The van der Waals surface area contributed by atoms with Crippen LogP contribution in [0.5, 0.6) is 5.88 Å². The molecular weight excluding hydrogens is 371 g/mol. The molecule has 0 aliphatic heterocycles. The van der Waals surface area contributed by atoms with Gasteiger partial charge in [0, 0.05) is 29.4 Å². The maximum Gasteiger partial charge on any atom is 0.244 e.